The predicted molar refractivity (Wildman–Crippen MR) is 76.7 cm³/mol. The first-order valence-corrected chi connectivity index (χ1v) is 6.91. The molecule has 3 rings (SSSR count). The maximum Gasteiger partial charge on any atom is 0.150 e. The van der Waals surface area contributed by atoms with Crippen molar-refractivity contribution in [1.82, 2.24) is 9.55 Å². The smallest absolute Gasteiger partial charge is 0.150 e. The number of fused-ring (bicyclic) bond motifs is 1. The molecule has 86 valence electrons. The van der Waals surface area contributed by atoms with E-state index in [1.165, 1.54) is 16.0 Å². The van der Waals surface area contributed by atoms with Gasteiger partial charge in [0, 0.05) is 12.8 Å². The Balaban J connectivity index is 2.25. The van der Waals surface area contributed by atoms with Crippen molar-refractivity contribution < 1.29 is 0 Å². The highest BCUT2D eigenvalue weighted by Gasteiger charge is 2.10. The quantitative estimate of drug-likeness (QED) is 0.695. The summed E-state index contributed by atoms with van der Waals surface area (Å²) in [6.07, 6.45) is 0. The summed E-state index contributed by atoms with van der Waals surface area (Å²) in [6.45, 7) is 0. The average molecular weight is 260 g/mol. The first kappa shape index (κ1) is 10.9. The van der Waals surface area contributed by atoms with Crippen molar-refractivity contribution in [2.75, 3.05) is 0 Å². The molecule has 0 radical (unpaired) electrons. The van der Waals surface area contributed by atoms with E-state index in [2.05, 4.69) is 64.9 Å². The van der Waals surface area contributed by atoms with Gasteiger partial charge in [0.2, 0.25) is 0 Å². The SMILES string of the molecule is Cn1c(-c2cccs2)nc2ccc(CS)cc21. The maximum absolute atomic E-state index is 4.68. The monoisotopic (exact) mass is 260 g/mol. The van der Waals surface area contributed by atoms with Gasteiger partial charge in [0.1, 0.15) is 0 Å². The summed E-state index contributed by atoms with van der Waals surface area (Å²) >= 11 is 6.03. The minimum absolute atomic E-state index is 0.759. The molecule has 0 saturated heterocycles. The van der Waals surface area contributed by atoms with Gasteiger partial charge in [-0.15, -0.1) is 11.3 Å². The molecule has 0 aliphatic heterocycles. The number of thiophene rings is 1. The summed E-state index contributed by atoms with van der Waals surface area (Å²) in [4.78, 5) is 5.88. The lowest BCUT2D eigenvalue weighted by Crippen LogP contribution is -1.90. The van der Waals surface area contributed by atoms with Gasteiger partial charge in [0.15, 0.2) is 5.82 Å². The lowest BCUT2D eigenvalue weighted by Gasteiger charge is -2.00. The van der Waals surface area contributed by atoms with Crippen molar-refractivity contribution >= 4 is 35.0 Å². The van der Waals surface area contributed by atoms with Gasteiger partial charge in [-0.2, -0.15) is 12.6 Å². The molecular weight excluding hydrogens is 248 g/mol. The normalized spacial score (nSPS) is 11.2. The van der Waals surface area contributed by atoms with Crippen LogP contribution in [0.1, 0.15) is 5.56 Å². The van der Waals surface area contributed by atoms with Crippen molar-refractivity contribution in [2.45, 2.75) is 5.75 Å². The summed E-state index contributed by atoms with van der Waals surface area (Å²) in [5, 5.41) is 2.08. The first-order valence-electron chi connectivity index (χ1n) is 5.39. The third-order valence-corrected chi connectivity index (χ3v) is 4.10. The van der Waals surface area contributed by atoms with Crippen LogP contribution in [0.5, 0.6) is 0 Å². The Kier molecular flexibility index (Phi) is 2.68. The van der Waals surface area contributed by atoms with Crippen LogP contribution in [0.15, 0.2) is 35.7 Å². The molecular formula is C13H12N2S2. The van der Waals surface area contributed by atoms with Crippen LogP contribution < -0.4 is 0 Å². The Hall–Kier alpha value is -1.26. The van der Waals surface area contributed by atoms with E-state index < -0.39 is 0 Å². The van der Waals surface area contributed by atoms with Gasteiger partial charge in [-0.05, 0) is 29.1 Å². The topological polar surface area (TPSA) is 17.8 Å². The number of rotatable bonds is 2. The lowest BCUT2D eigenvalue weighted by atomic mass is 10.2. The molecule has 0 aliphatic carbocycles. The van der Waals surface area contributed by atoms with Gasteiger partial charge >= 0.3 is 0 Å². The van der Waals surface area contributed by atoms with Crippen LogP contribution in [-0.4, -0.2) is 9.55 Å². The molecule has 2 aromatic heterocycles. The van der Waals surface area contributed by atoms with E-state index in [1.54, 1.807) is 11.3 Å². The Morgan fingerprint density at radius 3 is 2.94 bits per heavy atom. The highest BCUT2D eigenvalue weighted by Crippen LogP contribution is 2.27. The molecule has 0 aliphatic rings. The molecule has 3 aromatic rings. The van der Waals surface area contributed by atoms with Crippen LogP contribution in [0.4, 0.5) is 0 Å². The zero-order chi connectivity index (χ0) is 11.8. The molecule has 0 fully saturated rings. The molecule has 0 amide bonds. The number of aryl methyl sites for hydroxylation is 1. The van der Waals surface area contributed by atoms with Gasteiger partial charge in [0.05, 0.1) is 15.9 Å². The standard InChI is InChI=1S/C13H12N2S2/c1-15-11-7-9(8-16)4-5-10(11)14-13(15)12-3-2-6-17-12/h2-7,16H,8H2,1H3. The second kappa shape index (κ2) is 4.20. The molecule has 0 saturated carbocycles. The van der Waals surface area contributed by atoms with E-state index in [1.807, 2.05) is 0 Å². The van der Waals surface area contributed by atoms with Crippen LogP contribution in [-0.2, 0) is 12.8 Å². The molecule has 1 aromatic carbocycles. The Bertz CT molecular complexity index is 653. The van der Waals surface area contributed by atoms with Gasteiger partial charge in [-0.25, -0.2) is 4.98 Å². The molecule has 17 heavy (non-hydrogen) atoms. The fourth-order valence-electron chi connectivity index (χ4n) is 1.96. The largest absolute Gasteiger partial charge is 0.326 e. The van der Waals surface area contributed by atoms with Crippen LogP contribution in [0.3, 0.4) is 0 Å². The van der Waals surface area contributed by atoms with Crippen LogP contribution >= 0.6 is 24.0 Å². The second-order valence-corrected chi connectivity index (χ2v) is 5.22. The Labute approximate surface area is 109 Å². The Morgan fingerprint density at radius 1 is 1.35 bits per heavy atom. The third-order valence-electron chi connectivity index (χ3n) is 2.87. The van der Waals surface area contributed by atoms with E-state index in [0.717, 1.165) is 17.1 Å². The van der Waals surface area contributed by atoms with Gasteiger partial charge in [0.25, 0.3) is 0 Å². The number of hydrogen-bond acceptors (Lipinski definition) is 3. The summed E-state index contributed by atoms with van der Waals surface area (Å²) in [5.41, 5.74) is 3.43. The number of benzene rings is 1. The lowest BCUT2D eigenvalue weighted by molar-refractivity contribution is 0.962. The van der Waals surface area contributed by atoms with Gasteiger partial charge < -0.3 is 4.57 Å². The number of imidazole rings is 1. The van der Waals surface area contributed by atoms with Crippen molar-refractivity contribution in [2.24, 2.45) is 7.05 Å². The zero-order valence-electron chi connectivity index (χ0n) is 9.42. The van der Waals surface area contributed by atoms with Gasteiger partial charge in [-0.3, -0.25) is 0 Å². The number of hydrogen-bond donors (Lipinski definition) is 1. The summed E-state index contributed by atoms with van der Waals surface area (Å²) in [6, 6.07) is 10.5. The average Bonchev–Trinajstić information content (AvgIpc) is 2.97. The summed E-state index contributed by atoms with van der Waals surface area (Å²) in [5.74, 6) is 1.79. The number of aromatic nitrogens is 2. The van der Waals surface area contributed by atoms with E-state index in [9.17, 15) is 0 Å². The maximum atomic E-state index is 4.68. The van der Waals surface area contributed by atoms with E-state index in [-0.39, 0.29) is 0 Å². The third kappa shape index (κ3) is 1.77. The molecule has 0 unspecified atom stereocenters. The van der Waals surface area contributed by atoms with E-state index in [4.69, 9.17) is 0 Å². The molecule has 0 bridgehead atoms. The van der Waals surface area contributed by atoms with Crippen molar-refractivity contribution in [3.63, 3.8) is 0 Å². The fourth-order valence-corrected chi connectivity index (χ4v) is 2.91. The van der Waals surface area contributed by atoms with Crippen molar-refractivity contribution in [3.8, 4) is 10.7 Å². The van der Waals surface area contributed by atoms with Gasteiger partial charge in [-0.1, -0.05) is 12.1 Å². The van der Waals surface area contributed by atoms with E-state index in [0.29, 0.717) is 0 Å². The van der Waals surface area contributed by atoms with E-state index >= 15 is 0 Å². The minimum Gasteiger partial charge on any atom is -0.326 e. The molecule has 0 atom stereocenters. The Morgan fingerprint density at radius 2 is 2.24 bits per heavy atom. The van der Waals surface area contributed by atoms with Crippen molar-refractivity contribution in [3.05, 3.63) is 41.3 Å². The van der Waals surface area contributed by atoms with Crippen LogP contribution in [0, 0.1) is 0 Å². The zero-order valence-corrected chi connectivity index (χ0v) is 11.1. The first-order chi connectivity index (χ1) is 8.29. The highest BCUT2D eigenvalue weighted by molar-refractivity contribution is 7.79. The van der Waals surface area contributed by atoms with Crippen LogP contribution in [0.25, 0.3) is 21.7 Å². The number of nitrogens with zero attached hydrogens (tertiary/aromatic N) is 2. The molecule has 0 spiro atoms. The molecule has 2 heterocycles. The highest BCUT2D eigenvalue weighted by atomic mass is 32.1. The molecule has 4 heteroatoms. The van der Waals surface area contributed by atoms with Crippen LogP contribution in [0.2, 0.25) is 0 Å². The van der Waals surface area contributed by atoms with Crippen molar-refractivity contribution in [1.29, 1.82) is 0 Å². The fraction of sp³-hybridized carbons (Fsp3) is 0.154. The number of thiol groups is 1. The summed E-state index contributed by atoms with van der Waals surface area (Å²) in [7, 11) is 2.06. The second-order valence-electron chi connectivity index (χ2n) is 3.95. The minimum atomic E-state index is 0.759. The summed E-state index contributed by atoms with van der Waals surface area (Å²) < 4.78 is 2.15. The molecule has 2 nitrogen and oxygen atoms in total. The predicted octanol–water partition coefficient (Wildman–Crippen LogP) is 3.73. The molecule has 0 N–H and O–H groups in total.